The first-order chi connectivity index (χ1) is 8.16. The van der Waals surface area contributed by atoms with E-state index in [0.717, 1.165) is 24.9 Å². The summed E-state index contributed by atoms with van der Waals surface area (Å²) in [4.78, 5) is 16.6. The minimum Gasteiger partial charge on any atom is -0.485 e. The van der Waals surface area contributed by atoms with Crippen molar-refractivity contribution in [2.24, 2.45) is 0 Å². The van der Waals surface area contributed by atoms with Crippen LogP contribution in [-0.4, -0.2) is 29.1 Å². The van der Waals surface area contributed by atoms with Crippen molar-refractivity contribution >= 4 is 11.6 Å². The Labute approximate surface area is 98.4 Å². The van der Waals surface area contributed by atoms with E-state index in [1.165, 1.54) is 6.07 Å². The molecule has 0 amide bonds. The number of ether oxygens (including phenoxy) is 1. The van der Waals surface area contributed by atoms with Gasteiger partial charge >= 0.3 is 5.82 Å². The molecule has 1 aromatic heterocycles. The first-order valence-corrected chi connectivity index (χ1v) is 5.72. The van der Waals surface area contributed by atoms with Crippen molar-refractivity contribution in [3.63, 3.8) is 0 Å². The summed E-state index contributed by atoms with van der Waals surface area (Å²) >= 11 is 0. The lowest BCUT2D eigenvalue weighted by Gasteiger charge is -2.30. The maximum atomic E-state index is 10.8. The van der Waals surface area contributed by atoms with Crippen LogP contribution in [0.5, 0.6) is 5.75 Å². The molecule has 1 fully saturated rings. The van der Waals surface area contributed by atoms with Gasteiger partial charge in [-0.05, 0) is 29.7 Å². The molecule has 2 aliphatic heterocycles. The molecule has 0 radical (unpaired) electrons. The largest absolute Gasteiger partial charge is 0.485 e. The van der Waals surface area contributed by atoms with Crippen LogP contribution in [-0.2, 0) is 0 Å². The molecule has 0 saturated carbocycles. The summed E-state index contributed by atoms with van der Waals surface area (Å²) in [5, 5.41) is 10.8. The zero-order chi connectivity index (χ0) is 12.0. The van der Waals surface area contributed by atoms with E-state index in [1.54, 1.807) is 0 Å². The molecule has 0 aromatic carbocycles. The smallest absolute Gasteiger partial charge is 0.366 e. The van der Waals surface area contributed by atoms with Crippen LogP contribution in [0.2, 0.25) is 0 Å². The van der Waals surface area contributed by atoms with Crippen LogP contribution < -0.4 is 9.64 Å². The Morgan fingerprint density at radius 1 is 1.65 bits per heavy atom. The van der Waals surface area contributed by atoms with E-state index in [2.05, 4.69) is 9.88 Å². The number of anilines is 1. The Bertz CT molecular complexity index is 489. The normalized spacial score (nSPS) is 21.7. The van der Waals surface area contributed by atoms with Gasteiger partial charge in [-0.3, -0.25) is 0 Å². The second kappa shape index (κ2) is 3.58. The first kappa shape index (κ1) is 10.3. The van der Waals surface area contributed by atoms with Crippen LogP contribution in [0.4, 0.5) is 11.6 Å². The maximum Gasteiger partial charge on any atom is 0.366 e. The highest BCUT2D eigenvalue weighted by Crippen LogP contribution is 2.39. The lowest BCUT2D eigenvalue weighted by molar-refractivity contribution is -0.389. The summed E-state index contributed by atoms with van der Waals surface area (Å²) in [6.07, 6.45) is 2.17. The standard InChI is InChI=1S/C11H13N3O3/c1-7-5-9(14(15)16)12-11-10(7)17-6-8-3-2-4-13(8)11/h5,8H,2-4,6H2,1H3/t8-/m0/s1. The number of aryl methyl sites for hydroxylation is 1. The van der Waals surface area contributed by atoms with Gasteiger partial charge in [0.2, 0.25) is 0 Å². The molecule has 6 heteroatoms. The monoisotopic (exact) mass is 235 g/mol. The molecular weight excluding hydrogens is 222 g/mol. The summed E-state index contributed by atoms with van der Waals surface area (Å²) in [5.41, 5.74) is 0.784. The number of aromatic nitrogens is 1. The van der Waals surface area contributed by atoms with Gasteiger partial charge in [0.05, 0.1) is 6.04 Å². The number of rotatable bonds is 1. The highest BCUT2D eigenvalue weighted by molar-refractivity contribution is 5.61. The summed E-state index contributed by atoms with van der Waals surface area (Å²) in [6, 6.07) is 1.80. The quantitative estimate of drug-likeness (QED) is 0.547. The predicted molar refractivity (Wildman–Crippen MR) is 61.5 cm³/mol. The fraction of sp³-hybridized carbons (Fsp3) is 0.545. The van der Waals surface area contributed by atoms with Crippen LogP contribution >= 0.6 is 0 Å². The Morgan fingerprint density at radius 3 is 3.24 bits per heavy atom. The van der Waals surface area contributed by atoms with E-state index >= 15 is 0 Å². The molecule has 1 atom stereocenters. The molecule has 1 aromatic rings. The zero-order valence-electron chi connectivity index (χ0n) is 9.55. The second-order valence-electron chi connectivity index (χ2n) is 4.51. The Morgan fingerprint density at radius 2 is 2.47 bits per heavy atom. The average Bonchev–Trinajstić information content (AvgIpc) is 2.76. The van der Waals surface area contributed by atoms with E-state index in [1.807, 2.05) is 6.92 Å². The predicted octanol–water partition coefficient (Wildman–Crippen LogP) is 1.66. The lowest BCUT2D eigenvalue weighted by atomic mass is 10.2. The number of nitro groups is 1. The van der Waals surface area contributed by atoms with Gasteiger partial charge in [-0.1, -0.05) is 0 Å². The molecule has 6 nitrogen and oxygen atoms in total. The molecular formula is C11H13N3O3. The van der Waals surface area contributed by atoms with Crippen LogP contribution in [0, 0.1) is 17.0 Å². The molecule has 0 aliphatic carbocycles. The van der Waals surface area contributed by atoms with Gasteiger partial charge in [-0.15, -0.1) is 0 Å². The van der Waals surface area contributed by atoms with Crippen molar-refractivity contribution in [3.8, 4) is 5.75 Å². The van der Waals surface area contributed by atoms with Crippen LogP contribution in [0.3, 0.4) is 0 Å². The Kier molecular flexibility index (Phi) is 2.17. The Hall–Kier alpha value is -1.85. The summed E-state index contributed by atoms with van der Waals surface area (Å²) in [5.74, 6) is 1.25. The molecule has 3 heterocycles. The molecule has 90 valence electrons. The van der Waals surface area contributed by atoms with Gasteiger partial charge in [-0.2, -0.15) is 0 Å². The highest BCUT2D eigenvalue weighted by atomic mass is 16.6. The van der Waals surface area contributed by atoms with Gasteiger partial charge < -0.3 is 19.8 Å². The summed E-state index contributed by atoms with van der Waals surface area (Å²) in [7, 11) is 0. The maximum absolute atomic E-state index is 10.8. The molecule has 0 spiro atoms. The molecule has 0 unspecified atom stereocenters. The number of pyridine rings is 1. The number of fused-ring (bicyclic) bond motifs is 3. The number of hydrogen-bond donors (Lipinski definition) is 0. The fourth-order valence-electron chi connectivity index (χ4n) is 2.56. The summed E-state index contributed by atoms with van der Waals surface area (Å²) < 4.78 is 5.68. The van der Waals surface area contributed by atoms with Gasteiger partial charge in [0.15, 0.2) is 5.75 Å². The van der Waals surface area contributed by atoms with Crippen molar-refractivity contribution < 1.29 is 9.66 Å². The van der Waals surface area contributed by atoms with Crippen LogP contribution in [0.1, 0.15) is 18.4 Å². The third-order valence-corrected chi connectivity index (χ3v) is 3.38. The SMILES string of the molecule is Cc1cc([N+](=O)[O-])nc2c1OC[C@@H]1CCCN21. The van der Waals surface area contributed by atoms with E-state index in [4.69, 9.17) is 4.74 Å². The lowest BCUT2D eigenvalue weighted by Crippen LogP contribution is -2.39. The van der Waals surface area contributed by atoms with Crippen molar-refractivity contribution in [2.45, 2.75) is 25.8 Å². The van der Waals surface area contributed by atoms with Crippen LogP contribution in [0.25, 0.3) is 0 Å². The van der Waals surface area contributed by atoms with Crippen molar-refractivity contribution in [1.29, 1.82) is 0 Å². The minimum absolute atomic E-state index is 0.0996. The highest BCUT2D eigenvalue weighted by Gasteiger charge is 2.37. The average molecular weight is 235 g/mol. The van der Waals surface area contributed by atoms with Crippen molar-refractivity contribution in [3.05, 3.63) is 21.7 Å². The third-order valence-electron chi connectivity index (χ3n) is 3.38. The van der Waals surface area contributed by atoms with E-state index < -0.39 is 4.92 Å². The number of hydrogen-bond acceptors (Lipinski definition) is 5. The Balaban J connectivity index is 2.12. The second-order valence-corrected chi connectivity index (χ2v) is 4.51. The van der Waals surface area contributed by atoms with Gasteiger partial charge in [-0.25, -0.2) is 0 Å². The van der Waals surface area contributed by atoms with Gasteiger partial charge in [0, 0.05) is 18.2 Å². The zero-order valence-corrected chi connectivity index (χ0v) is 9.55. The molecule has 1 saturated heterocycles. The number of nitrogens with zero attached hydrogens (tertiary/aromatic N) is 3. The van der Waals surface area contributed by atoms with E-state index in [0.29, 0.717) is 24.2 Å². The van der Waals surface area contributed by atoms with Crippen molar-refractivity contribution in [2.75, 3.05) is 18.1 Å². The van der Waals surface area contributed by atoms with Crippen molar-refractivity contribution in [1.82, 2.24) is 4.98 Å². The van der Waals surface area contributed by atoms with E-state index in [9.17, 15) is 10.1 Å². The fourth-order valence-corrected chi connectivity index (χ4v) is 2.56. The van der Waals surface area contributed by atoms with Crippen LogP contribution in [0.15, 0.2) is 6.07 Å². The topological polar surface area (TPSA) is 68.5 Å². The third kappa shape index (κ3) is 1.51. The van der Waals surface area contributed by atoms with E-state index in [-0.39, 0.29) is 5.82 Å². The summed E-state index contributed by atoms with van der Waals surface area (Å²) in [6.45, 7) is 3.39. The molecule has 0 N–H and O–H groups in total. The molecule has 0 bridgehead atoms. The van der Waals surface area contributed by atoms with Gasteiger partial charge in [0.25, 0.3) is 5.82 Å². The molecule has 2 aliphatic rings. The first-order valence-electron chi connectivity index (χ1n) is 5.72. The molecule has 3 rings (SSSR count). The molecule has 17 heavy (non-hydrogen) atoms. The van der Waals surface area contributed by atoms with Gasteiger partial charge in [0.1, 0.15) is 6.61 Å². The minimum atomic E-state index is -0.451.